The molecule has 4 unspecified atom stereocenters. The molecule has 8 nitrogen and oxygen atoms in total. The molecule has 0 aliphatic carbocycles. The lowest BCUT2D eigenvalue weighted by atomic mass is 9.74. The van der Waals surface area contributed by atoms with E-state index in [-0.39, 0.29) is 30.7 Å². The van der Waals surface area contributed by atoms with Crippen LogP contribution in [0.5, 0.6) is 23.0 Å². The van der Waals surface area contributed by atoms with E-state index >= 15 is 0 Å². The molecule has 3 aliphatic rings. The number of methoxy groups -OCH3 is 2. The Morgan fingerprint density at radius 3 is 2.54 bits per heavy atom. The van der Waals surface area contributed by atoms with Gasteiger partial charge in [0.05, 0.1) is 19.2 Å². The van der Waals surface area contributed by atoms with Crippen molar-refractivity contribution in [1.82, 2.24) is 9.80 Å². The fourth-order valence-corrected chi connectivity index (χ4v) is 6.89. The first-order valence-corrected chi connectivity index (χ1v) is 12.9. The summed E-state index contributed by atoms with van der Waals surface area (Å²) in [6, 6.07) is 4.54. The molecule has 2 aromatic rings. The second kappa shape index (κ2) is 10.2. The van der Waals surface area contributed by atoms with Gasteiger partial charge >= 0.3 is 0 Å². The van der Waals surface area contributed by atoms with E-state index in [0.29, 0.717) is 24.9 Å². The monoisotopic (exact) mass is 509 g/mol. The summed E-state index contributed by atoms with van der Waals surface area (Å²) in [5.41, 5.74) is 12.8. The smallest absolute Gasteiger partial charge is 0.188 e. The van der Waals surface area contributed by atoms with Crippen molar-refractivity contribution < 1.29 is 24.1 Å². The number of nitrogens with zero attached hydrogens (tertiary/aromatic N) is 2. The molecule has 1 fully saturated rings. The average molecular weight is 510 g/mol. The lowest BCUT2D eigenvalue weighted by Gasteiger charge is -2.58. The van der Waals surface area contributed by atoms with Crippen LogP contribution in [0.1, 0.15) is 45.5 Å². The third kappa shape index (κ3) is 4.07. The second-order valence-corrected chi connectivity index (χ2v) is 10.4. The molecule has 0 aromatic heterocycles. The minimum absolute atomic E-state index is 0.0182. The number of hydrogen-bond donors (Lipinski definition) is 2. The molecule has 2 bridgehead atoms. The molecule has 0 spiro atoms. The van der Waals surface area contributed by atoms with Gasteiger partial charge in [0.2, 0.25) is 0 Å². The summed E-state index contributed by atoms with van der Waals surface area (Å²) in [6.45, 7) is 9.77. The van der Waals surface area contributed by atoms with Gasteiger partial charge in [0.25, 0.3) is 0 Å². The van der Waals surface area contributed by atoms with E-state index in [4.69, 9.17) is 24.7 Å². The van der Waals surface area contributed by atoms with Crippen LogP contribution in [0.15, 0.2) is 24.8 Å². The van der Waals surface area contributed by atoms with E-state index in [9.17, 15) is 5.11 Å². The molecule has 1 saturated heterocycles. The molecular formula is C29H39N3O5. The highest BCUT2D eigenvalue weighted by Gasteiger charge is 2.51. The maximum atomic E-state index is 11.4. The van der Waals surface area contributed by atoms with E-state index < -0.39 is 0 Å². The normalized spacial score (nSPS) is 24.6. The van der Waals surface area contributed by atoms with Gasteiger partial charge in [-0.15, -0.1) is 0 Å². The molecular weight excluding hydrogens is 470 g/mol. The number of nitrogens with two attached hydrogens (primary N) is 1. The molecule has 3 heterocycles. The van der Waals surface area contributed by atoms with Crippen LogP contribution in [-0.4, -0.2) is 74.7 Å². The van der Waals surface area contributed by atoms with E-state index in [1.54, 1.807) is 20.3 Å². The van der Waals surface area contributed by atoms with Crippen LogP contribution in [0.2, 0.25) is 0 Å². The first-order valence-electron chi connectivity index (χ1n) is 12.9. The number of phenolic OH excluding ortho intramolecular Hbond substituents is 1. The summed E-state index contributed by atoms with van der Waals surface area (Å²) < 4.78 is 23.2. The van der Waals surface area contributed by atoms with Crippen molar-refractivity contribution in [3.63, 3.8) is 0 Å². The van der Waals surface area contributed by atoms with Crippen molar-refractivity contribution >= 4 is 0 Å². The summed E-state index contributed by atoms with van der Waals surface area (Å²) in [5, 5.41) is 11.4. The van der Waals surface area contributed by atoms with Gasteiger partial charge < -0.3 is 29.8 Å². The Bertz CT molecular complexity index is 1200. The van der Waals surface area contributed by atoms with Crippen LogP contribution in [-0.2, 0) is 17.6 Å². The summed E-state index contributed by atoms with van der Waals surface area (Å²) >= 11 is 0. The minimum atomic E-state index is -0.0537. The third-order valence-corrected chi connectivity index (χ3v) is 8.37. The highest BCUT2D eigenvalue weighted by atomic mass is 16.7. The van der Waals surface area contributed by atoms with Crippen LogP contribution < -0.4 is 19.9 Å². The van der Waals surface area contributed by atoms with Gasteiger partial charge in [0, 0.05) is 49.0 Å². The minimum Gasteiger partial charge on any atom is -0.504 e. The van der Waals surface area contributed by atoms with E-state index in [2.05, 4.69) is 29.5 Å². The predicted octanol–water partition coefficient (Wildman–Crippen LogP) is 3.40. The van der Waals surface area contributed by atoms with Crippen molar-refractivity contribution in [2.45, 2.75) is 50.9 Å². The van der Waals surface area contributed by atoms with Crippen molar-refractivity contribution in [3.8, 4) is 23.0 Å². The zero-order chi connectivity index (χ0) is 26.4. The number of likely N-dealkylation sites (N-methyl/N-ethyl adjacent to an activating group) is 1. The van der Waals surface area contributed by atoms with E-state index in [0.717, 1.165) is 58.7 Å². The lowest BCUT2D eigenvalue weighted by Crippen LogP contribution is -2.64. The lowest BCUT2D eigenvalue weighted by molar-refractivity contribution is -0.0474. The SMILES string of the molecule is C=CCOc1c(C)cc(OCOC)c2c1CC1C3c4c(cc(C)c(OC)c4O)CC(CN1C2CN)N3C. The summed E-state index contributed by atoms with van der Waals surface area (Å²) in [4.78, 5) is 4.96. The number of phenols is 1. The van der Waals surface area contributed by atoms with Gasteiger partial charge in [-0.3, -0.25) is 9.80 Å². The molecule has 8 heteroatoms. The highest BCUT2D eigenvalue weighted by Crippen LogP contribution is 2.54. The van der Waals surface area contributed by atoms with Gasteiger partial charge in [0.1, 0.15) is 18.1 Å². The topological polar surface area (TPSA) is 89.7 Å². The fraction of sp³-hybridized carbons (Fsp3) is 0.517. The molecule has 3 aliphatic heterocycles. The number of ether oxygens (including phenoxy) is 4. The largest absolute Gasteiger partial charge is 0.504 e. The van der Waals surface area contributed by atoms with Crippen LogP contribution in [0, 0.1) is 13.8 Å². The van der Waals surface area contributed by atoms with Crippen LogP contribution in [0.25, 0.3) is 0 Å². The van der Waals surface area contributed by atoms with Crippen LogP contribution >= 0.6 is 0 Å². The van der Waals surface area contributed by atoms with Crippen molar-refractivity contribution in [2.75, 3.05) is 47.8 Å². The molecule has 0 saturated carbocycles. The maximum absolute atomic E-state index is 11.4. The van der Waals surface area contributed by atoms with Crippen molar-refractivity contribution in [1.29, 1.82) is 0 Å². The van der Waals surface area contributed by atoms with Gasteiger partial charge in [0.15, 0.2) is 18.3 Å². The first kappa shape index (κ1) is 25.9. The van der Waals surface area contributed by atoms with Gasteiger partial charge in [-0.25, -0.2) is 0 Å². The Balaban J connectivity index is 1.69. The molecule has 3 N–H and O–H groups in total. The van der Waals surface area contributed by atoms with E-state index in [1.165, 1.54) is 5.56 Å². The molecule has 2 aromatic carbocycles. The Labute approximate surface area is 219 Å². The summed E-state index contributed by atoms with van der Waals surface area (Å²) in [6.07, 6.45) is 3.36. The molecule has 37 heavy (non-hydrogen) atoms. The first-order chi connectivity index (χ1) is 17.9. The second-order valence-electron chi connectivity index (χ2n) is 10.4. The van der Waals surface area contributed by atoms with Gasteiger partial charge in [-0.05, 0) is 56.5 Å². The number of rotatable bonds is 8. The fourth-order valence-electron chi connectivity index (χ4n) is 6.89. The molecule has 200 valence electrons. The zero-order valence-corrected chi connectivity index (χ0v) is 22.5. The Kier molecular flexibility index (Phi) is 7.11. The Morgan fingerprint density at radius 1 is 1.11 bits per heavy atom. The number of hydrogen-bond acceptors (Lipinski definition) is 8. The summed E-state index contributed by atoms with van der Waals surface area (Å²) in [5.74, 6) is 2.46. The standard InChI is InChI=1S/C29H39N3O5/c1-7-8-36-28-17(3)10-23(37-15-34-5)25-20(28)12-21-26-24-18(9-16(2)29(35-6)27(24)33)11-19(31(26)4)14-32(21)22(25)13-30/h7,9-10,19,21-22,26,33H,1,8,11-15,30H2,2-6H3. The number of fused-ring (bicyclic) bond motifs is 7. The molecule has 0 radical (unpaired) electrons. The van der Waals surface area contributed by atoms with Gasteiger partial charge in [-0.2, -0.15) is 0 Å². The van der Waals surface area contributed by atoms with Crippen LogP contribution in [0.4, 0.5) is 0 Å². The molecule has 0 amide bonds. The summed E-state index contributed by atoms with van der Waals surface area (Å²) in [7, 11) is 5.41. The number of benzene rings is 2. The molecule has 4 atom stereocenters. The molecule has 5 rings (SSSR count). The number of aromatic hydroxyl groups is 1. The van der Waals surface area contributed by atoms with Crippen molar-refractivity contribution in [2.24, 2.45) is 5.73 Å². The van der Waals surface area contributed by atoms with Gasteiger partial charge in [-0.1, -0.05) is 18.7 Å². The highest BCUT2D eigenvalue weighted by molar-refractivity contribution is 5.60. The van der Waals surface area contributed by atoms with E-state index in [1.807, 2.05) is 19.9 Å². The predicted molar refractivity (Wildman–Crippen MR) is 143 cm³/mol. The Morgan fingerprint density at radius 2 is 1.86 bits per heavy atom. The van der Waals surface area contributed by atoms with Crippen LogP contribution in [0.3, 0.4) is 0 Å². The zero-order valence-electron chi connectivity index (χ0n) is 22.5. The Hall–Kier alpha value is -2.78. The quantitative estimate of drug-likeness (QED) is 0.414. The maximum Gasteiger partial charge on any atom is 0.188 e. The average Bonchev–Trinajstić information content (AvgIpc) is 2.86. The number of aryl methyl sites for hydroxylation is 2. The third-order valence-electron chi connectivity index (χ3n) is 8.37. The van der Waals surface area contributed by atoms with Crippen molar-refractivity contribution in [3.05, 3.63) is 58.2 Å². The number of piperazine rings is 1.